The van der Waals surface area contributed by atoms with Crippen molar-refractivity contribution < 1.29 is 4.42 Å². The SMILES string of the molecule is c1ccc(-c2nc(-c3ccccc3)nc(-c3ccc4c(c3)oc3c4ccc4c3c3ccccc3n4-c3cccc4ccccc34)n2)cc1. The largest absolute Gasteiger partial charge is 0.455 e. The predicted molar refractivity (Wildman–Crippen MR) is 195 cm³/mol. The maximum atomic E-state index is 6.82. The lowest BCUT2D eigenvalue weighted by Gasteiger charge is -2.11. The standard InChI is InChI=1S/C43H26N4O/c1-3-13-28(14-4-1)41-44-42(29-15-5-2-6-16-29)46-43(45-41)30-22-23-32-33-24-25-37-39(40(33)48-38(32)26-30)34-19-9-10-20-36(34)47(37)35-21-11-17-27-12-7-8-18-31(27)35/h1-26H. The van der Waals surface area contributed by atoms with Gasteiger partial charge >= 0.3 is 0 Å². The molecule has 0 aliphatic heterocycles. The second-order valence-corrected chi connectivity index (χ2v) is 12.0. The number of furan rings is 1. The van der Waals surface area contributed by atoms with Crippen molar-refractivity contribution in [2.75, 3.05) is 0 Å². The van der Waals surface area contributed by atoms with Gasteiger partial charge in [0.25, 0.3) is 0 Å². The average Bonchev–Trinajstić information content (AvgIpc) is 3.70. The molecule has 0 amide bonds. The molecule has 0 aliphatic rings. The van der Waals surface area contributed by atoms with E-state index in [4.69, 9.17) is 19.4 Å². The van der Waals surface area contributed by atoms with Gasteiger partial charge in [0.15, 0.2) is 17.5 Å². The Bertz CT molecular complexity index is 2770. The molecule has 48 heavy (non-hydrogen) atoms. The number of para-hydroxylation sites is 1. The number of hydrogen-bond donors (Lipinski definition) is 0. The van der Waals surface area contributed by atoms with Crippen molar-refractivity contribution in [1.29, 1.82) is 0 Å². The van der Waals surface area contributed by atoms with Gasteiger partial charge in [0.1, 0.15) is 11.2 Å². The number of hydrogen-bond acceptors (Lipinski definition) is 4. The van der Waals surface area contributed by atoms with Crippen LogP contribution in [0.3, 0.4) is 0 Å². The summed E-state index contributed by atoms with van der Waals surface area (Å²) in [5.41, 5.74) is 7.81. The Balaban J connectivity index is 1.20. The topological polar surface area (TPSA) is 56.7 Å². The number of benzene rings is 7. The van der Waals surface area contributed by atoms with Crippen LogP contribution < -0.4 is 0 Å². The molecule has 0 saturated heterocycles. The summed E-state index contributed by atoms with van der Waals surface area (Å²) < 4.78 is 9.19. The zero-order valence-electron chi connectivity index (χ0n) is 25.7. The quantitative estimate of drug-likeness (QED) is 0.198. The molecule has 0 saturated carbocycles. The van der Waals surface area contributed by atoms with Crippen molar-refractivity contribution in [3.8, 4) is 39.9 Å². The zero-order valence-corrected chi connectivity index (χ0v) is 25.7. The summed E-state index contributed by atoms with van der Waals surface area (Å²) >= 11 is 0. The second-order valence-electron chi connectivity index (χ2n) is 12.0. The van der Waals surface area contributed by atoms with E-state index in [1.165, 1.54) is 10.8 Å². The van der Waals surface area contributed by atoms with Gasteiger partial charge in [-0.05, 0) is 41.8 Å². The van der Waals surface area contributed by atoms with Gasteiger partial charge in [0, 0.05) is 38.2 Å². The summed E-state index contributed by atoms with van der Waals surface area (Å²) in [4.78, 5) is 14.7. The molecule has 0 radical (unpaired) electrons. The normalized spacial score (nSPS) is 11.8. The van der Waals surface area contributed by atoms with Crippen molar-refractivity contribution in [3.05, 3.63) is 158 Å². The maximum absolute atomic E-state index is 6.82. The lowest BCUT2D eigenvalue weighted by molar-refractivity contribution is 0.673. The van der Waals surface area contributed by atoms with E-state index < -0.39 is 0 Å². The summed E-state index contributed by atoms with van der Waals surface area (Å²) in [5.74, 6) is 1.86. The molecular weight excluding hydrogens is 589 g/mol. The Morgan fingerprint density at radius 1 is 0.417 bits per heavy atom. The minimum atomic E-state index is 0.600. The molecule has 0 aliphatic carbocycles. The van der Waals surface area contributed by atoms with Gasteiger partial charge in [-0.25, -0.2) is 15.0 Å². The van der Waals surface area contributed by atoms with Crippen LogP contribution in [0.5, 0.6) is 0 Å². The molecule has 3 heterocycles. The van der Waals surface area contributed by atoms with E-state index in [-0.39, 0.29) is 0 Å². The van der Waals surface area contributed by atoms with Gasteiger partial charge < -0.3 is 8.98 Å². The highest BCUT2D eigenvalue weighted by molar-refractivity contribution is 6.24. The first-order valence-corrected chi connectivity index (χ1v) is 16.0. The fourth-order valence-corrected chi connectivity index (χ4v) is 7.03. The molecule has 0 unspecified atom stereocenters. The average molecular weight is 615 g/mol. The maximum Gasteiger partial charge on any atom is 0.164 e. The molecule has 10 aromatic rings. The summed E-state index contributed by atoms with van der Waals surface area (Å²) in [5, 5.41) is 6.81. The fourth-order valence-electron chi connectivity index (χ4n) is 7.03. The smallest absolute Gasteiger partial charge is 0.164 e. The molecule has 0 N–H and O–H groups in total. The summed E-state index contributed by atoms with van der Waals surface area (Å²) in [6.45, 7) is 0. The molecule has 7 aromatic carbocycles. The van der Waals surface area contributed by atoms with Crippen molar-refractivity contribution in [2.45, 2.75) is 0 Å². The van der Waals surface area contributed by atoms with Crippen LogP contribution in [0.1, 0.15) is 0 Å². The van der Waals surface area contributed by atoms with Crippen LogP contribution >= 0.6 is 0 Å². The monoisotopic (exact) mass is 614 g/mol. The highest BCUT2D eigenvalue weighted by Crippen LogP contribution is 2.42. The summed E-state index contributed by atoms with van der Waals surface area (Å²) in [6.07, 6.45) is 0. The molecule has 3 aromatic heterocycles. The van der Waals surface area contributed by atoms with Crippen LogP contribution in [0.25, 0.3) is 94.4 Å². The zero-order chi connectivity index (χ0) is 31.6. The third-order valence-electron chi connectivity index (χ3n) is 9.24. The highest BCUT2D eigenvalue weighted by atomic mass is 16.3. The first-order valence-electron chi connectivity index (χ1n) is 16.0. The highest BCUT2D eigenvalue weighted by Gasteiger charge is 2.20. The van der Waals surface area contributed by atoms with Crippen LogP contribution in [0.4, 0.5) is 0 Å². The molecule has 0 bridgehead atoms. The Labute approximate surface area is 275 Å². The van der Waals surface area contributed by atoms with E-state index in [0.717, 1.165) is 66.1 Å². The van der Waals surface area contributed by atoms with Crippen molar-refractivity contribution >= 4 is 54.5 Å². The Kier molecular flexibility index (Phi) is 5.81. The Hall–Kier alpha value is -6.59. The van der Waals surface area contributed by atoms with E-state index in [2.05, 4.69) is 102 Å². The van der Waals surface area contributed by atoms with Crippen LogP contribution in [-0.4, -0.2) is 19.5 Å². The van der Waals surface area contributed by atoms with Crippen LogP contribution in [0, 0.1) is 0 Å². The summed E-state index contributed by atoms with van der Waals surface area (Å²) in [7, 11) is 0. The first kappa shape index (κ1) is 26.6. The third-order valence-corrected chi connectivity index (χ3v) is 9.24. The number of fused-ring (bicyclic) bond motifs is 8. The van der Waals surface area contributed by atoms with Gasteiger partial charge in [0.2, 0.25) is 0 Å². The first-order chi connectivity index (χ1) is 23.8. The van der Waals surface area contributed by atoms with Crippen molar-refractivity contribution in [1.82, 2.24) is 19.5 Å². The third kappa shape index (κ3) is 4.08. The molecule has 5 heteroatoms. The van der Waals surface area contributed by atoms with Crippen molar-refractivity contribution in [2.24, 2.45) is 0 Å². The Morgan fingerprint density at radius 2 is 1.02 bits per heavy atom. The van der Waals surface area contributed by atoms with Gasteiger partial charge in [-0.1, -0.05) is 121 Å². The molecule has 0 spiro atoms. The molecule has 0 fully saturated rings. The number of nitrogens with zero attached hydrogens (tertiary/aromatic N) is 4. The molecule has 10 rings (SSSR count). The van der Waals surface area contributed by atoms with Gasteiger partial charge in [-0.15, -0.1) is 0 Å². The lowest BCUT2D eigenvalue weighted by atomic mass is 10.1. The van der Waals surface area contributed by atoms with Crippen LogP contribution in [0.2, 0.25) is 0 Å². The molecule has 5 nitrogen and oxygen atoms in total. The minimum absolute atomic E-state index is 0.600. The van der Waals surface area contributed by atoms with Crippen LogP contribution in [0.15, 0.2) is 162 Å². The van der Waals surface area contributed by atoms with Gasteiger partial charge in [0.05, 0.1) is 22.1 Å². The van der Waals surface area contributed by atoms with E-state index in [1.54, 1.807) is 0 Å². The van der Waals surface area contributed by atoms with Gasteiger partial charge in [-0.2, -0.15) is 0 Å². The molecule has 224 valence electrons. The molecule has 0 atom stereocenters. The van der Waals surface area contributed by atoms with E-state index >= 15 is 0 Å². The number of rotatable bonds is 4. The van der Waals surface area contributed by atoms with E-state index in [9.17, 15) is 0 Å². The summed E-state index contributed by atoms with van der Waals surface area (Å²) in [6, 6.07) is 54.4. The number of aromatic nitrogens is 4. The predicted octanol–water partition coefficient (Wildman–Crippen LogP) is 11.0. The fraction of sp³-hybridized carbons (Fsp3) is 0. The minimum Gasteiger partial charge on any atom is -0.455 e. The van der Waals surface area contributed by atoms with Crippen molar-refractivity contribution in [3.63, 3.8) is 0 Å². The lowest BCUT2D eigenvalue weighted by Crippen LogP contribution is -2.00. The van der Waals surface area contributed by atoms with E-state index in [0.29, 0.717) is 17.5 Å². The van der Waals surface area contributed by atoms with Gasteiger partial charge in [-0.3, -0.25) is 0 Å². The second kappa shape index (κ2) is 10.5. The Morgan fingerprint density at radius 3 is 1.77 bits per heavy atom. The molecular formula is C43H26N4O. The van der Waals surface area contributed by atoms with Crippen LogP contribution in [-0.2, 0) is 0 Å². The van der Waals surface area contributed by atoms with E-state index in [1.807, 2.05) is 60.7 Å².